The number of hydrogen-bond acceptors (Lipinski definition) is 5. The molecule has 1 N–H and O–H groups in total. The molecule has 24 heavy (non-hydrogen) atoms. The minimum absolute atomic E-state index is 0.0499. The van der Waals surface area contributed by atoms with Crippen LogP contribution in [0.3, 0.4) is 0 Å². The fourth-order valence-corrected chi connectivity index (χ4v) is 2.61. The standard InChI is InChI=1S/C17H17BrN4O2/c1-3-4-8-22-16(23)14(10-19)11(2)15(17(22)24)21-20-13-7-5-6-12(18)9-13/h5-7,9,23H,3-4,8H2,1-2H3. The maximum atomic E-state index is 12.6. The maximum Gasteiger partial charge on any atom is 0.281 e. The monoisotopic (exact) mass is 388 g/mol. The van der Waals surface area contributed by atoms with E-state index in [1.54, 1.807) is 19.1 Å². The van der Waals surface area contributed by atoms with Crippen molar-refractivity contribution in [2.45, 2.75) is 33.2 Å². The Labute approximate surface area is 148 Å². The molecule has 7 heteroatoms. The Hall–Kier alpha value is -2.46. The second kappa shape index (κ2) is 7.88. The highest BCUT2D eigenvalue weighted by Gasteiger charge is 2.18. The number of nitriles is 1. The Morgan fingerprint density at radius 3 is 2.75 bits per heavy atom. The van der Waals surface area contributed by atoms with E-state index in [1.807, 2.05) is 25.1 Å². The van der Waals surface area contributed by atoms with Crippen LogP contribution in [0, 0.1) is 18.3 Å². The highest BCUT2D eigenvalue weighted by Crippen LogP contribution is 2.27. The van der Waals surface area contributed by atoms with Gasteiger partial charge in [0.15, 0.2) is 5.69 Å². The zero-order valence-corrected chi connectivity index (χ0v) is 15.0. The molecule has 0 radical (unpaired) electrons. The van der Waals surface area contributed by atoms with Gasteiger partial charge in [-0.3, -0.25) is 9.36 Å². The summed E-state index contributed by atoms with van der Waals surface area (Å²) in [6.45, 7) is 3.89. The smallest absolute Gasteiger partial charge is 0.281 e. The summed E-state index contributed by atoms with van der Waals surface area (Å²) in [7, 11) is 0. The maximum absolute atomic E-state index is 12.6. The molecule has 6 nitrogen and oxygen atoms in total. The Morgan fingerprint density at radius 1 is 1.38 bits per heavy atom. The first kappa shape index (κ1) is 17.9. The predicted octanol–water partition coefficient (Wildman–Crippen LogP) is 4.71. The van der Waals surface area contributed by atoms with Crippen LogP contribution in [0.25, 0.3) is 0 Å². The second-order valence-electron chi connectivity index (χ2n) is 5.27. The van der Waals surface area contributed by atoms with E-state index in [9.17, 15) is 15.2 Å². The summed E-state index contributed by atoms with van der Waals surface area (Å²) in [6.07, 6.45) is 1.57. The second-order valence-corrected chi connectivity index (χ2v) is 6.19. The summed E-state index contributed by atoms with van der Waals surface area (Å²) >= 11 is 3.35. The molecule has 0 aliphatic heterocycles. The van der Waals surface area contributed by atoms with E-state index >= 15 is 0 Å². The highest BCUT2D eigenvalue weighted by molar-refractivity contribution is 9.10. The van der Waals surface area contributed by atoms with Crippen molar-refractivity contribution in [3.8, 4) is 11.9 Å². The van der Waals surface area contributed by atoms with E-state index in [0.29, 0.717) is 24.2 Å². The van der Waals surface area contributed by atoms with Crippen LogP contribution in [0.15, 0.2) is 43.8 Å². The van der Waals surface area contributed by atoms with Crippen molar-refractivity contribution in [1.29, 1.82) is 5.26 Å². The van der Waals surface area contributed by atoms with Crippen LogP contribution in [0.2, 0.25) is 0 Å². The fourth-order valence-electron chi connectivity index (χ4n) is 2.23. The zero-order valence-electron chi connectivity index (χ0n) is 13.5. The van der Waals surface area contributed by atoms with Gasteiger partial charge in [0, 0.05) is 16.6 Å². The van der Waals surface area contributed by atoms with Gasteiger partial charge in [0.05, 0.1) is 5.69 Å². The van der Waals surface area contributed by atoms with Gasteiger partial charge < -0.3 is 5.11 Å². The van der Waals surface area contributed by atoms with Crippen molar-refractivity contribution in [1.82, 2.24) is 4.57 Å². The molecule has 0 aliphatic carbocycles. The minimum atomic E-state index is -0.448. The van der Waals surface area contributed by atoms with E-state index in [0.717, 1.165) is 10.9 Å². The van der Waals surface area contributed by atoms with E-state index in [4.69, 9.17) is 0 Å². The molecule has 0 fully saturated rings. The lowest BCUT2D eigenvalue weighted by Gasteiger charge is -2.12. The highest BCUT2D eigenvalue weighted by atomic mass is 79.9. The van der Waals surface area contributed by atoms with Crippen molar-refractivity contribution < 1.29 is 5.11 Å². The summed E-state index contributed by atoms with van der Waals surface area (Å²) in [5, 5.41) is 27.6. The molecule has 0 aliphatic rings. The number of unbranched alkanes of at least 4 members (excludes halogenated alkanes) is 1. The average molecular weight is 389 g/mol. The number of halogens is 1. The number of benzene rings is 1. The topological polar surface area (TPSA) is 90.7 Å². The van der Waals surface area contributed by atoms with Crippen LogP contribution in [-0.4, -0.2) is 9.67 Å². The molecule has 1 heterocycles. The van der Waals surface area contributed by atoms with Crippen LogP contribution >= 0.6 is 15.9 Å². The van der Waals surface area contributed by atoms with Crippen molar-refractivity contribution in [3.05, 3.63) is 50.2 Å². The molecule has 2 aromatic rings. The van der Waals surface area contributed by atoms with E-state index in [-0.39, 0.29) is 17.1 Å². The van der Waals surface area contributed by atoms with E-state index < -0.39 is 5.56 Å². The third kappa shape index (κ3) is 3.71. The van der Waals surface area contributed by atoms with Gasteiger partial charge in [0.25, 0.3) is 5.56 Å². The SMILES string of the molecule is CCCCn1c(O)c(C#N)c(C)c(N=Nc2cccc(Br)c2)c1=O. The van der Waals surface area contributed by atoms with Crippen LogP contribution in [0.4, 0.5) is 11.4 Å². The third-order valence-electron chi connectivity index (χ3n) is 3.58. The molecule has 0 spiro atoms. The average Bonchev–Trinajstić information content (AvgIpc) is 2.55. The summed E-state index contributed by atoms with van der Waals surface area (Å²) in [4.78, 5) is 12.6. The largest absolute Gasteiger partial charge is 0.493 e. The van der Waals surface area contributed by atoms with Gasteiger partial charge in [-0.1, -0.05) is 35.3 Å². The van der Waals surface area contributed by atoms with Gasteiger partial charge in [-0.05, 0) is 31.5 Å². The van der Waals surface area contributed by atoms with Crippen molar-refractivity contribution in [2.24, 2.45) is 10.2 Å². The molecule has 0 saturated heterocycles. The van der Waals surface area contributed by atoms with Crippen molar-refractivity contribution in [3.63, 3.8) is 0 Å². The van der Waals surface area contributed by atoms with Gasteiger partial charge in [-0.25, -0.2) is 0 Å². The number of azo groups is 1. The third-order valence-corrected chi connectivity index (χ3v) is 4.07. The number of aromatic hydroxyl groups is 1. The summed E-state index contributed by atoms with van der Waals surface area (Å²) in [5.74, 6) is -0.310. The molecule has 0 saturated carbocycles. The lowest BCUT2D eigenvalue weighted by Crippen LogP contribution is -2.22. The van der Waals surface area contributed by atoms with Gasteiger partial charge in [-0.2, -0.15) is 10.4 Å². The Balaban J connectivity index is 2.57. The fraction of sp³-hybridized carbons (Fsp3) is 0.294. The van der Waals surface area contributed by atoms with E-state index in [1.165, 1.54) is 4.57 Å². The molecule has 1 aromatic heterocycles. The van der Waals surface area contributed by atoms with E-state index in [2.05, 4.69) is 26.2 Å². The van der Waals surface area contributed by atoms with Crippen LogP contribution in [-0.2, 0) is 6.54 Å². The summed E-state index contributed by atoms with van der Waals surface area (Å²) < 4.78 is 2.03. The van der Waals surface area contributed by atoms with Crippen molar-refractivity contribution >= 4 is 27.3 Å². The number of rotatable bonds is 5. The summed E-state index contributed by atoms with van der Waals surface area (Å²) in [6, 6.07) is 9.12. The number of hydrogen-bond donors (Lipinski definition) is 1. The Kier molecular flexibility index (Phi) is 5.88. The lowest BCUT2D eigenvalue weighted by atomic mass is 10.1. The Bertz CT molecular complexity index is 881. The quantitative estimate of drug-likeness (QED) is 0.751. The van der Waals surface area contributed by atoms with Gasteiger partial charge in [0.1, 0.15) is 11.6 Å². The minimum Gasteiger partial charge on any atom is -0.493 e. The number of nitrogens with zero attached hydrogens (tertiary/aromatic N) is 4. The van der Waals surface area contributed by atoms with Crippen molar-refractivity contribution in [2.75, 3.05) is 0 Å². The zero-order chi connectivity index (χ0) is 17.7. The summed E-state index contributed by atoms with van der Waals surface area (Å²) in [5.41, 5.74) is 0.576. The first-order chi connectivity index (χ1) is 11.5. The molecular weight excluding hydrogens is 372 g/mol. The van der Waals surface area contributed by atoms with Gasteiger partial charge in [0.2, 0.25) is 5.88 Å². The van der Waals surface area contributed by atoms with Crippen LogP contribution in [0.5, 0.6) is 5.88 Å². The predicted molar refractivity (Wildman–Crippen MR) is 95.0 cm³/mol. The number of pyridine rings is 1. The number of aromatic nitrogens is 1. The Morgan fingerprint density at radius 2 is 2.12 bits per heavy atom. The normalized spacial score (nSPS) is 10.9. The molecule has 0 amide bonds. The van der Waals surface area contributed by atoms with Crippen LogP contribution in [0.1, 0.15) is 30.9 Å². The van der Waals surface area contributed by atoms with Gasteiger partial charge >= 0.3 is 0 Å². The molecule has 0 bridgehead atoms. The first-order valence-electron chi connectivity index (χ1n) is 7.53. The molecule has 124 valence electrons. The van der Waals surface area contributed by atoms with Crippen LogP contribution < -0.4 is 5.56 Å². The molecular formula is C17H17BrN4O2. The lowest BCUT2D eigenvalue weighted by molar-refractivity contribution is 0.399. The molecule has 2 rings (SSSR count). The molecule has 0 unspecified atom stereocenters. The molecule has 1 aromatic carbocycles. The van der Waals surface area contributed by atoms with Gasteiger partial charge in [-0.15, -0.1) is 5.11 Å². The molecule has 0 atom stereocenters. The first-order valence-corrected chi connectivity index (χ1v) is 8.32.